The van der Waals surface area contributed by atoms with E-state index >= 15 is 0 Å². The molecular weight excluding hydrogens is 150 g/mol. The highest BCUT2D eigenvalue weighted by molar-refractivity contribution is 5.57. The van der Waals surface area contributed by atoms with Crippen molar-refractivity contribution in [1.29, 1.82) is 0 Å². The highest BCUT2D eigenvalue weighted by Crippen LogP contribution is 2.18. The third-order valence-corrected chi connectivity index (χ3v) is 2.28. The zero-order valence-electron chi connectivity index (χ0n) is 8.49. The second-order valence-corrected chi connectivity index (χ2v) is 3.47. The summed E-state index contributed by atoms with van der Waals surface area (Å²) in [7, 11) is 0. The molecule has 0 amide bonds. The third kappa shape index (κ3) is 1.54. The van der Waals surface area contributed by atoms with E-state index in [1.807, 2.05) is 6.34 Å². The SMILES string of the molecule is CCN1C=NN(CC)C1C(C)C. The minimum absolute atomic E-state index is 0.472. The fourth-order valence-corrected chi connectivity index (χ4v) is 1.70. The second-order valence-electron chi connectivity index (χ2n) is 3.47. The van der Waals surface area contributed by atoms with Gasteiger partial charge in [-0.1, -0.05) is 13.8 Å². The monoisotopic (exact) mass is 169 g/mol. The van der Waals surface area contributed by atoms with E-state index in [1.165, 1.54) is 0 Å². The zero-order chi connectivity index (χ0) is 9.14. The average molecular weight is 169 g/mol. The highest BCUT2D eigenvalue weighted by atomic mass is 15.6. The summed E-state index contributed by atoms with van der Waals surface area (Å²) in [6, 6.07) is 0. The molecule has 1 aliphatic rings. The Morgan fingerprint density at radius 3 is 2.42 bits per heavy atom. The van der Waals surface area contributed by atoms with Crippen molar-refractivity contribution >= 4 is 6.34 Å². The van der Waals surface area contributed by atoms with Crippen molar-refractivity contribution < 1.29 is 0 Å². The predicted molar refractivity (Wildman–Crippen MR) is 51.9 cm³/mol. The van der Waals surface area contributed by atoms with Crippen LogP contribution >= 0.6 is 0 Å². The van der Waals surface area contributed by atoms with Gasteiger partial charge in [0.1, 0.15) is 12.5 Å². The molecule has 0 aliphatic carbocycles. The Labute approximate surface area is 75.0 Å². The van der Waals surface area contributed by atoms with E-state index in [1.54, 1.807) is 0 Å². The molecule has 0 spiro atoms. The molecule has 70 valence electrons. The molecule has 0 N–H and O–H groups in total. The lowest BCUT2D eigenvalue weighted by Gasteiger charge is -2.32. The topological polar surface area (TPSA) is 18.8 Å². The van der Waals surface area contributed by atoms with Crippen molar-refractivity contribution in [3.05, 3.63) is 0 Å². The van der Waals surface area contributed by atoms with Crippen molar-refractivity contribution in [2.75, 3.05) is 13.1 Å². The maximum absolute atomic E-state index is 4.34. The Balaban J connectivity index is 2.64. The van der Waals surface area contributed by atoms with E-state index in [2.05, 4.69) is 42.7 Å². The molecule has 1 aliphatic heterocycles. The summed E-state index contributed by atoms with van der Waals surface area (Å²) in [6.07, 6.45) is 2.42. The van der Waals surface area contributed by atoms with Gasteiger partial charge in [-0.25, -0.2) is 0 Å². The Morgan fingerprint density at radius 2 is 2.00 bits per heavy atom. The lowest BCUT2D eigenvalue weighted by Crippen LogP contribution is -2.43. The van der Waals surface area contributed by atoms with Gasteiger partial charge in [-0.2, -0.15) is 5.10 Å². The van der Waals surface area contributed by atoms with Gasteiger partial charge in [0.05, 0.1) is 0 Å². The predicted octanol–water partition coefficient (Wildman–Crippen LogP) is 1.57. The summed E-state index contributed by atoms with van der Waals surface area (Å²) >= 11 is 0. The first-order valence-electron chi connectivity index (χ1n) is 4.77. The molecule has 0 aromatic heterocycles. The van der Waals surface area contributed by atoms with Crippen LogP contribution in [0.3, 0.4) is 0 Å². The van der Waals surface area contributed by atoms with Crippen LogP contribution in [-0.2, 0) is 0 Å². The van der Waals surface area contributed by atoms with Gasteiger partial charge in [0.2, 0.25) is 0 Å². The van der Waals surface area contributed by atoms with Crippen LogP contribution in [0.1, 0.15) is 27.7 Å². The first-order valence-corrected chi connectivity index (χ1v) is 4.77. The van der Waals surface area contributed by atoms with Gasteiger partial charge in [-0.3, -0.25) is 5.01 Å². The average Bonchev–Trinajstić information content (AvgIpc) is 2.46. The quantitative estimate of drug-likeness (QED) is 0.638. The fraction of sp³-hybridized carbons (Fsp3) is 0.889. The van der Waals surface area contributed by atoms with E-state index < -0.39 is 0 Å². The van der Waals surface area contributed by atoms with E-state index in [4.69, 9.17) is 0 Å². The van der Waals surface area contributed by atoms with Crippen LogP contribution < -0.4 is 0 Å². The molecule has 1 heterocycles. The van der Waals surface area contributed by atoms with Gasteiger partial charge in [-0.15, -0.1) is 0 Å². The minimum Gasteiger partial charge on any atom is -0.339 e. The van der Waals surface area contributed by atoms with Gasteiger partial charge < -0.3 is 4.90 Å². The van der Waals surface area contributed by atoms with Gasteiger partial charge in [0, 0.05) is 13.1 Å². The molecule has 1 rings (SSSR count). The van der Waals surface area contributed by atoms with Gasteiger partial charge in [-0.05, 0) is 19.8 Å². The molecule has 3 nitrogen and oxygen atoms in total. The van der Waals surface area contributed by atoms with Crippen LogP contribution in [0, 0.1) is 5.92 Å². The molecule has 1 atom stereocenters. The van der Waals surface area contributed by atoms with Crippen LogP contribution in [0.5, 0.6) is 0 Å². The lowest BCUT2D eigenvalue weighted by atomic mass is 10.1. The smallest absolute Gasteiger partial charge is 0.121 e. The molecular formula is C9H19N3. The van der Waals surface area contributed by atoms with Crippen LogP contribution in [0.2, 0.25) is 0 Å². The van der Waals surface area contributed by atoms with E-state index in [0.29, 0.717) is 12.1 Å². The first-order chi connectivity index (χ1) is 5.70. The molecule has 0 fully saturated rings. The van der Waals surface area contributed by atoms with Crippen molar-refractivity contribution in [1.82, 2.24) is 9.91 Å². The summed E-state index contributed by atoms with van der Waals surface area (Å²) in [5.74, 6) is 0.632. The van der Waals surface area contributed by atoms with Gasteiger partial charge in [0.15, 0.2) is 0 Å². The fourth-order valence-electron chi connectivity index (χ4n) is 1.70. The van der Waals surface area contributed by atoms with E-state index in [9.17, 15) is 0 Å². The lowest BCUT2D eigenvalue weighted by molar-refractivity contribution is 0.0975. The Hall–Kier alpha value is -0.730. The molecule has 0 saturated carbocycles. The number of hydrogen-bond acceptors (Lipinski definition) is 3. The Morgan fingerprint density at radius 1 is 1.33 bits per heavy atom. The molecule has 1 unspecified atom stereocenters. The highest BCUT2D eigenvalue weighted by Gasteiger charge is 2.27. The molecule has 0 radical (unpaired) electrons. The molecule has 0 aromatic carbocycles. The third-order valence-electron chi connectivity index (χ3n) is 2.28. The number of rotatable bonds is 3. The summed E-state index contributed by atoms with van der Waals surface area (Å²) in [5, 5.41) is 6.49. The van der Waals surface area contributed by atoms with Crippen molar-refractivity contribution in [2.45, 2.75) is 33.9 Å². The molecule has 0 aromatic rings. The zero-order valence-corrected chi connectivity index (χ0v) is 8.49. The van der Waals surface area contributed by atoms with Crippen LogP contribution in [0.15, 0.2) is 5.10 Å². The summed E-state index contributed by atoms with van der Waals surface area (Å²) < 4.78 is 0. The summed E-state index contributed by atoms with van der Waals surface area (Å²) in [5.41, 5.74) is 0. The van der Waals surface area contributed by atoms with Crippen molar-refractivity contribution in [3.8, 4) is 0 Å². The van der Waals surface area contributed by atoms with Crippen molar-refractivity contribution in [3.63, 3.8) is 0 Å². The van der Waals surface area contributed by atoms with E-state index in [0.717, 1.165) is 13.1 Å². The normalized spacial score (nSPS) is 22.9. The molecule has 12 heavy (non-hydrogen) atoms. The number of hydrogen-bond donors (Lipinski definition) is 0. The molecule has 0 saturated heterocycles. The maximum Gasteiger partial charge on any atom is 0.121 e. The Kier molecular flexibility index (Phi) is 2.95. The standard InChI is InChI=1S/C9H19N3/c1-5-11-7-10-12(6-2)9(11)8(3)4/h7-9H,5-6H2,1-4H3. The van der Waals surface area contributed by atoms with E-state index in [-0.39, 0.29) is 0 Å². The molecule has 3 heteroatoms. The van der Waals surface area contributed by atoms with Gasteiger partial charge in [0.25, 0.3) is 0 Å². The number of hydrazone groups is 1. The second kappa shape index (κ2) is 3.78. The molecule has 0 bridgehead atoms. The maximum atomic E-state index is 4.34. The first kappa shape index (κ1) is 9.36. The summed E-state index contributed by atoms with van der Waals surface area (Å²) in [6.45, 7) is 10.8. The van der Waals surface area contributed by atoms with Crippen LogP contribution in [-0.4, -0.2) is 35.5 Å². The van der Waals surface area contributed by atoms with Crippen molar-refractivity contribution in [2.24, 2.45) is 11.0 Å². The van der Waals surface area contributed by atoms with Gasteiger partial charge >= 0.3 is 0 Å². The van der Waals surface area contributed by atoms with Crippen LogP contribution in [0.25, 0.3) is 0 Å². The Bertz CT molecular complexity index is 151. The summed E-state index contributed by atoms with van der Waals surface area (Å²) in [4.78, 5) is 2.29. The van der Waals surface area contributed by atoms with Crippen LogP contribution in [0.4, 0.5) is 0 Å². The number of nitrogens with zero attached hydrogens (tertiary/aromatic N) is 3. The largest absolute Gasteiger partial charge is 0.339 e. The minimum atomic E-state index is 0.472.